The van der Waals surface area contributed by atoms with Crippen molar-refractivity contribution in [3.05, 3.63) is 34.4 Å². The molecule has 0 spiro atoms. The Hall–Kier alpha value is -2.12. The van der Waals surface area contributed by atoms with Crippen molar-refractivity contribution in [2.24, 2.45) is 28.6 Å². The van der Waals surface area contributed by atoms with E-state index in [2.05, 4.69) is 19.1 Å². The molecule has 0 bridgehead atoms. The molecular formula is C40H58O15. The number of rotatable bonds is 8. The highest BCUT2D eigenvalue weighted by Gasteiger charge is 2.62. The largest absolute Gasteiger partial charge is 0.456 e. The molecule has 0 unspecified atom stereocenters. The van der Waals surface area contributed by atoms with Crippen molar-refractivity contribution < 1.29 is 74.1 Å². The predicted molar refractivity (Wildman–Crippen MR) is 190 cm³/mol. The Bertz CT molecular complexity index is 1600. The van der Waals surface area contributed by atoms with E-state index in [9.17, 15) is 50.4 Å². The molecule has 18 atom stereocenters. The molecule has 4 fully saturated rings. The number of ketones is 1. The summed E-state index contributed by atoms with van der Waals surface area (Å²) < 4.78 is 28.7. The SMILES string of the molecule is CC1=C(C)C(=O)O[C@@H]([C@@](C)(O)[C@H]2CC=C3[C@@H]4CC=C5C[C@@H](O[C@H]6O[C@@H](CO[C@@H]7O[C@H](CO)[C@@H](O)[C@@H](O)[C@@H]7O)[C@H](O)[C@@H](O)[C@@H]6O)CC(=O)[C@@]5(C)[C@@H]4CC[C@]32C)C1. The van der Waals surface area contributed by atoms with Crippen LogP contribution >= 0.6 is 0 Å². The average molecular weight is 779 g/mol. The molecule has 7 rings (SSSR count). The highest BCUT2D eigenvalue weighted by atomic mass is 16.7. The number of cyclic esters (lactones) is 1. The maximum absolute atomic E-state index is 14.3. The summed E-state index contributed by atoms with van der Waals surface area (Å²) in [4.78, 5) is 26.9. The number of esters is 1. The van der Waals surface area contributed by atoms with Crippen LogP contribution in [0.2, 0.25) is 0 Å². The summed E-state index contributed by atoms with van der Waals surface area (Å²) in [6.45, 7) is 8.52. The van der Waals surface area contributed by atoms with Crippen LogP contribution in [-0.4, -0.2) is 145 Å². The number of Topliss-reactive ketones (excluding diaryl/α,β-unsaturated/α-hetero) is 1. The van der Waals surface area contributed by atoms with Crippen LogP contribution in [0.25, 0.3) is 0 Å². The summed E-state index contributed by atoms with van der Waals surface area (Å²) in [5.41, 5.74) is 1.36. The minimum Gasteiger partial charge on any atom is -0.456 e. The number of ether oxygens (including phenoxy) is 5. The standard InChI is InChI=1S/C40H58O15/c1-17-12-28(55-35(49)18(17)2)40(5,50)26-9-8-22-21-7-6-19-13-20(14-27(42)39(19,4)23(21)10-11-38(22,26)3)52-37-34(48)32(46)30(44)25(54-37)16-51-36-33(47)31(45)29(43)24(15-41)53-36/h6,8,20-21,23-26,28-34,36-37,41,43-48,50H,7,9-16H2,1-5H3/t20-,21+,23-,24-,25+,26+,28-,29-,30+,31-,32-,33+,34+,36-,37+,38-,39-,40+/m1/s1. The van der Waals surface area contributed by atoms with Crippen molar-refractivity contribution in [3.63, 3.8) is 0 Å². The van der Waals surface area contributed by atoms with Crippen molar-refractivity contribution in [2.45, 2.75) is 159 Å². The molecule has 3 heterocycles. The molecule has 55 heavy (non-hydrogen) atoms. The highest BCUT2D eigenvalue weighted by Crippen LogP contribution is 2.65. The van der Waals surface area contributed by atoms with Crippen molar-refractivity contribution in [3.8, 4) is 0 Å². The van der Waals surface area contributed by atoms with Gasteiger partial charge < -0.3 is 64.5 Å². The zero-order valence-corrected chi connectivity index (χ0v) is 32.1. The smallest absolute Gasteiger partial charge is 0.334 e. The summed E-state index contributed by atoms with van der Waals surface area (Å²) in [6.07, 6.45) is -8.63. The van der Waals surface area contributed by atoms with Crippen molar-refractivity contribution >= 4 is 11.8 Å². The Kier molecular flexibility index (Phi) is 11.1. The van der Waals surface area contributed by atoms with Crippen molar-refractivity contribution in [1.29, 1.82) is 0 Å². The first-order chi connectivity index (χ1) is 25.8. The Morgan fingerprint density at radius 3 is 2.18 bits per heavy atom. The molecule has 4 aliphatic carbocycles. The number of fused-ring (bicyclic) bond motifs is 5. The number of hydrogen-bond donors (Lipinski definition) is 8. The number of carbonyl (C=O) groups excluding carboxylic acids is 2. The second-order valence-corrected chi connectivity index (χ2v) is 17.6. The lowest BCUT2D eigenvalue weighted by molar-refractivity contribution is -0.336. The third kappa shape index (κ3) is 6.69. The van der Waals surface area contributed by atoms with Gasteiger partial charge in [-0.15, -0.1) is 0 Å². The minimum atomic E-state index is -1.71. The van der Waals surface area contributed by atoms with E-state index in [0.717, 1.165) is 24.0 Å². The van der Waals surface area contributed by atoms with Crippen molar-refractivity contribution in [2.75, 3.05) is 13.2 Å². The maximum Gasteiger partial charge on any atom is 0.334 e. The molecule has 2 saturated carbocycles. The highest BCUT2D eigenvalue weighted by molar-refractivity contribution is 5.90. The Labute approximate surface area is 320 Å². The van der Waals surface area contributed by atoms with Gasteiger partial charge in [0.05, 0.1) is 24.7 Å². The van der Waals surface area contributed by atoms with E-state index in [1.807, 2.05) is 13.8 Å². The minimum absolute atomic E-state index is 0.00409. The third-order valence-corrected chi connectivity index (χ3v) is 14.6. The van der Waals surface area contributed by atoms with E-state index >= 15 is 0 Å². The van der Waals surface area contributed by atoms with Crippen molar-refractivity contribution in [1.82, 2.24) is 0 Å². The van der Waals surface area contributed by atoms with Gasteiger partial charge in [-0.1, -0.05) is 35.8 Å². The predicted octanol–water partition coefficient (Wildman–Crippen LogP) is 0.0767. The van der Waals surface area contributed by atoms with E-state index in [4.69, 9.17) is 23.7 Å². The average Bonchev–Trinajstić information content (AvgIpc) is 3.51. The van der Waals surface area contributed by atoms with Gasteiger partial charge in [0, 0.05) is 24.3 Å². The molecule has 0 radical (unpaired) electrons. The van der Waals surface area contributed by atoms with E-state index in [-0.39, 0.29) is 41.3 Å². The fourth-order valence-electron chi connectivity index (χ4n) is 11.0. The first-order valence-corrected chi connectivity index (χ1v) is 19.6. The molecule has 3 aliphatic heterocycles. The van der Waals surface area contributed by atoms with E-state index in [1.165, 1.54) is 5.57 Å². The van der Waals surface area contributed by atoms with Crippen LogP contribution in [-0.2, 0) is 33.3 Å². The van der Waals surface area contributed by atoms with Crippen LogP contribution in [0.15, 0.2) is 34.4 Å². The molecule has 0 amide bonds. The maximum atomic E-state index is 14.3. The van der Waals surface area contributed by atoms with Crippen LogP contribution in [0, 0.1) is 28.6 Å². The molecule has 7 aliphatic rings. The van der Waals surface area contributed by atoms with E-state index < -0.39 is 97.8 Å². The fourth-order valence-corrected chi connectivity index (χ4v) is 11.0. The van der Waals surface area contributed by atoms with Gasteiger partial charge in [0.1, 0.15) is 66.3 Å². The van der Waals surface area contributed by atoms with E-state index in [0.29, 0.717) is 31.3 Å². The molecule has 8 N–H and O–H groups in total. The molecule has 0 aromatic heterocycles. The lowest BCUT2D eigenvalue weighted by Gasteiger charge is -2.57. The number of hydrogen-bond acceptors (Lipinski definition) is 15. The van der Waals surface area contributed by atoms with E-state index in [1.54, 1.807) is 13.8 Å². The topological polar surface area (TPSA) is 242 Å². The molecule has 2 saturated heterocycles. The monoisotopic (exact) mass is 778 g/mol. The number of carbonyl (C=O) groups is 2. The molecule has 15 heteroatoms. The normalized spacial score (nSPS) is 48.6. The van der Waals surface area contributed by atoms with Gasteiger partial charge in [0.2, 0.25) is 0 Å². The Morgan fingerprint density at radius 1 is 0.855 bits per heavy atom. The lowest BCUT2D eigenvalue weighted by atomic mass is 9.47. The van der Waals surface area contributed by atoms with Crippen LogP contribution in [0.3, 0.4) is 0 Å². The van der Waals surface area contributed by atoms with Gasteiger partial charge in [0.25, 0.3) is 0 Å². The zero-order chi connectivity index (χ0) is 39.9. The zero-order valence-electron chi connectivity index (χ0n) is 32.1. The first-order valence-electron chi connectivity index (χ1n) is 19.6. The van der Waals surface area contributed by atoms with Gasteiger partial charge in [-0.2, -0.15) is 0 Å². The van der Waals surface area contributed by atoms with Gasteiger partial charge in [-0.3, -0.25) is 4.79 Å². The van der Waals surface area contributed by atoms with Crippen LogP contribution in [0.1, 0.15) is 79.6 Å². The molecular weight excluding hydrogens is 720 g/mol. The van der Waals surface area contributed by atoms with Crippen LogP contribution in [0.4, 0.5) is 0 Å². The molecule has 0 aromatic carbocycles. The lowest BCUT2D eigenvalue weighted by Crippen LogP contribution is -2.62. The third-order valence-electron chi connectivity index (χ3n) is 14.6. The quantitative estimate of drug-likeness (QED) is 0.120. The summed E-state index contributed by atoms with van der Waals surface area (Å²) in [6, 6.07) is 0. The summed E-state index contributed by atoms with van der Waals surface area (Å²) in [5, 5.41) is 84.3. The number of aliphatic hydroxyl groups excluding tert-OH is 7. The van der Waals surface area contributed by atoms with Crippen LogP contribution < -0.4 is 0 Å². The number of allylic oxidation sites excluding steroid dienone is 3. The summed E-state index contributed by atoms with van der Waals surface area (Å²) in [7, 11) is 0. The van der Waals surface area contributed by atoms with Gasteiger partial charge in [0.15, 0.2) is 12.6 Å². The summed E-state index contributed by atoms with van der Waals surface area (Å²) in [5.74, 6) is -0.432. The van der Waals surface area contributed by atoms with Gasteiger partial charge >= 0.3 is 5.97 Å². The van der Waals surface area contributed by atoms with Crippen LogP contribution in [0.5, 0.6) is 0 Å². The van der Waals surface area contributed by atoms with Gasteiger partial charge in [-0.05, 0) is 77.0 Å². The second-order valence-electron chi connectivity index (χ2n) is 17.6. The second kappa shape index (κ2) is 14.9. The Balaban J connectivity index is 1.02. The molecule has 308 valence electrons. The first kappa shape index (κ1) is 41.1. The fraction of sp³-hybridized carbons (Fsp3) is 0.800. The van der Waals surface area contributed by atoms with Gasteiger partial charge in [-0.25, -0.2) is 4.79 Å². The molecule has 15 nitrogen and oxygen atoms in total. The molecule has 0 aromatic rings. The Morgan fingerprint density at radius 2 is 1.51 bits per heavy atom. The number of aliphatic hydroxyl groups is 8. The summed E-state index contributed by atoms with van der Waals surface area (Å²) >= 11 is 0.